The molecule has 0 bridgehead atoms. The molecule has 1 saturated carbocycles. The third-order valence-electron chi connectivity index (χ3n) is 3.25. The van der Waals surface area contributed by atoms with Gasteiger partial charge in [0.2, 0.25) is 0 Å². The third-order valence-corrected chi connectivity index (χ3v) is 3.25. The van der Waals surface area contributed by atoms with Gasteiger partial charge in [0, 0.05) is 31.1 Å². The van der Waals surface area contributed by atoms with Crippen LogP contribution in [-0.2, 0) is 0 Å². The quantitative estimate of drug-likeness (QED) is 0.742. The van der Waals surface area contributed by atoms with Gasteiger partial charge < -0.3 is 10.6 Å². The van der Waals surface area contributed by atoms with E-state index < -0.39 is 0 Å². The lowest BCUT2D eigenvalue weighted by Gasteiger charge is -2.28. The molecule has 14 heavy (non-hydrogen) atoms. The van der Waals surface area contributed by atoms with Gasteiger partial charge in [-0.25, -0.2) is 0 Å². The molecule has 0 unspecified atom stereocenters. The van der Waals surface area contributed by atoms with E-state index in [4.69, 9.17) is 0 Å². The normalized spacial score (nSPS) is 31.1. The second-order valence-corrected chi connectivity index (χ2v) is 4.38. The fraction of sp³-hybridized carbons (Fsp3) is 0.500. The van der Waals surface area contributed by atoms with Crippen LogP contribution in [0.5, 0.6) is 0 Å². The third kappa shape index (κ3) is 1.56. The Hall–Kier alpha value is -0.860. The van der Waals surface area contributed by atoms with Gasteiger partial charge in [0.05, 0.1) is 0 Å². The number of hydrogen-bond donors (Lipinski definition) is 2. The van der Waals surface area contributed by atoms with Crippen molar-refractivity contribution in [2.24, 2.45) is 0 Å². The number of benzene rings is 1. The second-order valence-electron chi connectivity index (χ2n) is 4.38. The number of hydrogen-bond acceptors (Lipinski definition) is 2. The van der Waals surface area contributed by atoms with Crippen LogP contribution in [-0.4, -0.2) is 25.2 Å². The first-order valence-electron chi connectivity index (χ1n) is 5.45. The van der Waals surface area contributed by atoms with E-state index in [9.17, 15) is 0 Å². The zero-order valence-corrected chi connectivity index (χ0v) is 8.24. The maximum atomic E-state index is 3.68. The molecule has 2 heteroatoms. The zero-order valence-electron chi connectivity index (χ0n) is 8.24. The molecule has 1 aliphatic carbocycles. The summed E-state index contributed by atoms with van der Waals surface area (Å²) in [7, 11) is 0. The van der Waals surface area contributed by atoms with Crippen molar-refractivity contribution < 1.29 is 0 Å². The largest absolute Gasteiger partial charge is 0.314 e. The Balaban J connectivity index is 1.57. The molecule has 2 atom stereocenters. The fourth-order valence-electron chi connectivity index (χ4n) is 2.16. The van der Waals surface area contributed by atoms with Gasteiger partial charge in [-0.2, -0.15) is 0 Å². The van der Waals surface area contributed by atoms with Gasteiger partial charge in [-0.05, 0) is 12.0 Å². The highest BCUT2D eigenvalue weighted by Crippen LogP contribution is 2.40. The van der Waals surface area contributed by atoms with Gasteiger partial charge >= 0.3 is 0 Å². The van der Waals surface area contributed by atoms with E-state index in [0.717, 1.165) is 31.1 Å². The molecule has 2 aliphatic rings. The van der Waals surface area contributed by atoms with Crippen LogP contribution in [0, 0.1) is 0 Å². The van der Waals surface area contributed by atoms with E-state index in [1.807, 2.05) is 0 Å². The summed E-state index contributed by atoms with van der Waals surface area (Å²) in [6.07, 6.45) is 1.32. The highest BCUT2D eigenvalue weighted by molar-refractivity contribution is 5.27. The van der Waals surface area contributed by atoms with Crippen molar-refractivity contribution in [1.82, 2.24) is 10.6 Å². The molecule has 1 aromatic carbocycles. The molecule has 1 heterocycles. The Morgan fingerprint density at radius 3 is 2.57 bits per heavy atom. The maximum Gasteiger partial charge on any atom is 0.0320 e. The monoisotopic (exact) mass is 188 g/mol. The van der Waals surface area contributed by atoms with Crippen LogP contribution in [0.3, 0.4) is 0 Å². The summed E-state index contributed by atoms with van der Waals surface area (Å²) in [6, 6.07) is 12.3. The first kappa shape index (κ1) is 8.45. The van der Waals surface area contributed by atoms with E-state index in [0.29, 0.717) is 0 Å². The topological polar surface area (TPSA) is 24.1 Å². The summed E-state index contributed by atoms with van der Waals surface area (Å²) in [4.78, 5) is 0. The predicted molar refractivity (Wildman–Crippen MR) is 57.4 cm³/mol. The van der Waals surface area contributed by atoms with Crippen LogP contribution < -0.4 is 10.6 Å². The standard InChI is InChI=1S/C12H16N2/c1-2-4-9(5-3-1)11-6-12(11)14-10-7-13-8-10/h1-5,10-14H,6-8H2/t11-,12+/m0/s1. The summed E-state index contributed by atoms with van der Waals surface area (Å²) in [5.41, 5.74) is 1.50. The summed E-state index contributed by atoms with van der Waals surface area (Å²) in [5, 5.41) is 6.96. The lowest BCUT2D eigenvalue weighted by atomic mass is 10.1. The molecule has 0 amide bonds. The van der Waals surface area contributed by atoms with Crippen molar-refractivity contribution >= 4 is 0 Å². The van der Waals surface area contributed by atoms with Gasteiger partial charge in [0.15, 0.2) is 0 Å². The summed E-state index contributed by atoms with van der Waals surface area (Å²) < 4.78 is 0. The van der Waals surface area contributed by atoms with Crippen LogP contribution in [0.15, 0.2) is 30.3 Å². The molecule has 0 spiro atoms. The molecule has 1 saturated heterocycles. The van der Waals surface area contributed by atoms with E-state index in [1.165, 1.54) is 12.0 Å². The van der Waals surface area contributed by atoms with Crippen molar-refractivity contribution in [2.45, 2.75) is 24.4 Å². The van der Waals surface area contributed by atoms with Gasteiger partial charge in [0.25, 0.3) is 0 Å². The predicted octanol–water partition coefficient (Wildman–Crippen LogP) is 1.10. The van der Waals surface area contributed by atoms with Crippen LogP contribution in [0.25, 0.3) is 0 Å². The maximum absolute atomic E-state index is 3.68. The SMILES string of the molecule is c1ccc([C@@H]2C[C@H]2NC2CNC2)cc1. The molecule has 2 nitrogen and oxygen atoms in total. The molecule has 2 N–H and O–H groups in total. The minimum atomic E-state index is 0.730. The first-order chi connectivity index (χ1) is 6.93. The van der Waals surface area contributed by atoms with Gasteiger partial charge in [-0.1, -0.05) is 30.3 Å². The molecular formula is C12H16N2. The Bertz CT molecular complexity index is 305. The van der Waals surface area contributed by atoms with Gasteiger partial charge in [-0.15, -0.1) is 0 Å². The van der Waals surface area contributed by atoms with Crippen molar-refractivity contribution in [2.75, 3.05) is 13.1 Å². The molecule has 74 valence electrons. The molecule has 3 rings (SSSR count). The van der Waals surface area contributed by atoms with E-state index in [-0.39, 0.29) is 0 Å². The Morgan fingerprint density at radius 2 is 1.93 bits per heavy atom. The van der Waals surface area contributed by atoms with Crippen LogP contribution in [0.1, 0.15) is 17.9 Å². The smallest absolute Gasteiger partial charge is 0.0320 e. The van der Waals surface area contributed by atoms with Crippen LogP contribution in [0.2, 0.25) is 0 Å². The van der Waals surface area contributed by atoms with Crippen molar-refractivity contribution in [3.8, 4) is 0 Å². The number of nitrogens with one attached hydrogen (secondary N) is 2. The Morgan fingerprint density at radius 1 is 1.14 bits per heavy atom. The Labute approximate surface area is 84.7 Å². The fourth-order valence-corrected chi connectivity index (χ4v) is 2.16. The molecule has 0 aromatic heterocycles. The molecule has 0 radical (unpaired) electrons. The molecule has 1 aliphatic heterocycles. The average molecular weight is 188 g/mol. The van der Waals surface area contributed by atoms with Crippen LogP contribution >= 0.6 is 0 Å². The van der Waals surface area contributed by atoms with Crippen molar-refractivity contribution in [3.63, 3.8) is 0 Å². The highest BCUT2D eigenvalue weighted by atomic mass is 15.1. The summed E-state index contributed by atoms with van der Waals surface area (Å²) in [6.45, 7) is 2.30. The molecule has 2 fully saturated rings. The average Bonchev–Trinajstić information content (AvgIpc) is 2.92. The minimum Gasteiger partial charge on any atom is -0.314 e. The van der Waals surface area contributed by atoms with E-state index in [2.05, 4.69) is 41.0 Å². The minimum absolute atomic E-state index is 0.730. The number of rotatable bonds is 3. The first-order valence-corrected chi connectivity index (χ1v) is 5.45. The van der Waals surface area contributed by atoms with Gasteiger partial charge in [0.1, 0.15) is 0 Å². The van der Waals surface area contributed by atoms with Crippen molar-refractivity contribution in [3.05, 3.63) is 35.9 Å². The Kier molecular flexibility index (Phi) is 2.03. The molecular weight excluding hydrogens is 172 g/mol. The summed E-state index contributed by atoms with van der Waals surface area (Å²) in [5.74, 6) is 0.775. The lowest BCUT2D eigenvalue weighted by Crippen LogP contribution is -2.56. The highest BCUT2D eigenvalue weighted by Gasteiger charge is 2.39. The van der Waals surface area contributed by atoms with Crippen molar-refractivity contribution in [1.29, 1.82) is 0 Å². The molecule has 1 aromatic rings. The lowest BCUT2D eigenvalue weighted by molar-refractivity contribution is 0.362. The zero-order chi connectivity index (χ0) is 9.38. The van der Waals surface area contributed by atoms with Crippen LogP contribution in [0.4, 0.5) is 0 Å². The second kappa shape index (κ2) is 3.37. The van der Waals surface area contributed by atoms with E-state index >= 15 is 0 Å². The summed E-state index contributed by atoms with van der Waals surface area (Å²) >= 11 is 0. The van der Waals surface area contributed by atoms with Gasteiger partial charge in [-0.3, -0.25) is 0 Å². The van der Waals surface area contributed by atoms with E-state index in [1.54, 1.807) is 0 Å².